The molecule has 1 aliphatic rings. The zero-order chi connectivity index (χ0) is 20.9. The van der Waals surface area contributed by atoms with E-state index in [0.717, 1.165) is 43.5 Å². The molecule has 0 atom stereocenters. The van der Waals surface area contributed by atoms with E-state index in [-0.39, 0.29) is 23.9 Å². The van der Waals surface area contributed by atoms with Gasteiger partial charge in [0.15, 0.2) is 0 Å². The molecule has 0 aliphatic heterocycles. The molecular weight excluding hydrogens is 381 g/mol. The van der Waals surface area contributed by atoms with Crippen molar-refractivity contribution in [1.29, 1.82) is 0 Å². The van der Waals surface area contributed by atoms with Gasteiger partial charge in [0.2, 0.25) is 11.8 Å². The molecular formula is C22H25F3N2O2. The number of amides is 1. The lowest BCUT2D eigenvalue weighted by atomic mass is 9.92. The molecule has 1 amide bonds. The third-order valence-electron chi connectivity index (χ3n) is 5.11. The first-order valence-electron chi connectivity index (χ1n) is 9.84. The number of nitrogens with one attached hydrogen (secondary N) is 1. The summed E-state index contributed by atoms with van der Waals surface area (Å²) in [5.74, 6) is 0.240. The van der Waals surface area contributed by atoms with Crippen molar-refractivity contribution in [2.24, 2.45) is 0 Å². The van der Waals surface area contributed by atoms with Crippen molar-refractivity contribution < 1.29 is 22.7 Å². The highest BCUT2D eigenvalue weighted by Crippen LogP contribution is 2.30. The average molecular weight is 406 g/mol. The summed E-state index contributed by atoms with van der Waals surface area (Å²) in [6.45, 7) is 2.03. The van der Waals surface area contributed by atoms with Crippen LogP contribution in [-0.4, -0.2) is 23.0 Å². The molecule has 1 heterocycles. The Kier molecular flexibility index (Phi) is 6.77. The lowest BCUT2D eigenvalue weighted by Crippen LogP contribution is -2.39. The fourth-order valence-electron chi connectivity index (χ4n) is 3.54. The third-order valence-corrected chi connectivity index (χ3v) is 5.11. The first-order valence-corrected chi connectivity index (χ1v) is 9.84. The van der Waals surface area contributed by atoms with Gasteiger partial charge in [0.1, 0.15) is 6.10 Å². The Morgan fingerprint density at radius 1 is 1.17 bits per heavy atom. The van der Waals surface area contributed by atoms with E-state index in [1.54, 1.807) is 0 Å². The normalized spacial score (nSPS) is 19.6. The second kappa shape index (κ2) is 9.29. The van der Waals surface area contributed by atoms with Gasteiger partial charge in [0.05, 0.1) is 5.56 Å². The van der Waals surface area contributed by atoms with Crippen molar-refractivity contribution in [2.75, 3.05) is 0 Å². The lowest BCUT2D eigenvalue weighted by molar-refractivity contribution is -0.137. The summed E-state index contributed by atoms with van der Waals surface area (Å²) in [5, 5.41) is 3.08. The fourth-order valence-corrected chi connectivity index (χ4v) is 3.54. The molecule has 1 aliphatic carbocycles. The summed E-state index contributed by atoms with van der Waals surface area (Å²) in [4.78, 5) is 16.0. The number of halogens is 3. The fraction of sp³-hybridized carbons (Fsp3) is 0.455. The molecule has 7 heteroatoms. The zero-order valence-corrected chi connectivity index (χ0v) is 16.3. The number of aromatic nitrogens is 1. The minimum Gasteiger partial charge on any atom is -0.474 e. The van der Waals surface area contributed by atoms with Crippen LogP contribution in [0.15, 0.2) is 42.6 Å². The van der Waals surface area contributed by atoms with Crippen LogP contribution in [0.5, 0.6) is 5.88 Å². The summed E-state index contributed by atoms with van der Waals surface area (Å²) in [5.41, 5.74) is 1.55. The maximum Gasteiger partial charge on any atom is 0.417 e. The summed E-state index contributed by atoms with van der Waals surface area (Å²) in [6, 6.07) is 10.5. The minimum absolute atomic E-state index is 0.0419. The SMILES string of the molecule is Cc1cccc(CCC(=O)NC2CCC(Oc3ccc(C(F)(F)F)cn3)CC2)c1. The lowest BCUT2D eigenvalue weighted by Gasteiger charge is -2.29. The van der Waals surface area contributed by atoms with Crippen molar-refractivity contribution in [3.8, 4) is 5.88 Å². The van der Waals surface area contributed by atoms with Gasteiger partial charge in [-0.25, -0.2) is 4.98 Å². The van der Waals surface area contributed by atoms with Gasteiger partial charge in [-0.2, -0.15) is 13.2 Å². The molecule has 1 aromatic carbocycles. The van der Waals surface area contributed by atoms with Crippen molar-refractivity contribution in [3.05, 3.63) is 59.3 Å². The number of rotatable bonds is 6. The molecule has 156 valence electrons. The Hall–Kier alpha value is -2.57. The van der Waals surface area contributed by atoms with Crippen LogP contribution in [0.2, 0.25) is 0 Å². The maximum atomic E-state index is 12.6. The summed E-state index contributed by atoms with van der Waals surface area (Å²) in [7, 11) is 0. The number of pyridine rings is 1. The molecule has 0 bridgehead atoms. The van der Waals surface area contributed by atoms with Crippen LogP contribution in [-0.2, 0) is 17.4 Å². The Balaban J connectivity index is 1.39. The van der Waals surface area contributed by atoms with E-state index in [1.807, 2.05) is 25.1 Å². The number of ether oxygens (including phenoxy) is 1. The van der Waals surface area contributed by atoms with Gasteiger partial charge in [-0.1, -0.05) is 29.8 Å². The van der Waals surface area contributed by atoms with Gasteiger partial charge in [-0.3, -0.25) is 4.79 Å². The van der Waals surface area contributed by atoms with Crippen LogP contribution < -0.4 is 10.1 Å². The van der Waals surface area contributed by atoms with Gasteiger partial charge in [-0.15, -0.1) is 0 Å². The largest absolute Gasteiger partial charge is 0.474 e. The maximum absolute atomic E-state index is 12.6. The van der Waals surface area contributed by atoms with Crippen LogP contribution in [0.25, 0.3) is 0 Å². The second-order valence-electron chi connectivity index (χ2n) is 7.53. The molecule has 29 heavy (non-hydrogen) atoms. The van der Waals surface area contributed by atoms with Crippen LogP contribution >= 0.6 is 0 Å². The van der Waals surface area contributed by atoms with Crippen LogP contribution in [0.3, 0.4) is 0 Å². The number of benzene rings is 1. The predicted octanol–water partition coefficient (Wildman–Crippen LogP) is 4.85. The van der Waals surface area contributed by atoms with Gasteiger partial charge in [0, 0.05) is 24.7 Å². The van der Waals surface area contributed by atoms with E-state index in [9.17, 15) is 18.0 Å². The van der Waals surface area contributed by atoms with E-state index in [1.165, 1.54) is 11.6 Å². The first kappa shape index (κ1) is 21.1. The number of nitrogens with zero attached hydrogens (tertiary/aromatic N) is 1. The molecule has 3 rings (SSSR count). The van der Waals surface area contributed by atoms with Crippen LogP contribution in [0, 0.1) is 6.92 Å². The number of carbonyl (C=O) groups is 1. The topological polar surface area (TPSA) is 51.2 Å². The summed E-state index contributed by atoms with van der Waals surface area (Å²) >= 11 is 0. The van der Waals surface area contributed by atoms with Crippen molar-refractivity contribution in [1.82, 2.24) is 10.3 Å². The number of aryl methyl sites for hydroxylation is 2. The smallest absolute Gasteiger partial charge is 0.417 e. The van der Waals surface area contributed by atoms with Crippen molar-refractivity contribution >= 4 is 5.91 Å². The van der Waals surface area contributed by atoms with Gasteiger partial charge < -0.3 is 10.1 Å². The van der Waals surface area contributed by atoms with E-state index in [2.05, 4.69) is 16.4 Å². The molecule has 0 spiro atoms. The van der Waals surface area contributed by atoms with E-state index in [0.29, 0.717) is 12.8 Å². The molecule has 1 fully saturated rings. The standard InChI is InChI=1S/C22H25F3N2O2/c1-15-3-2-4-16(13-15)5-11-20(28)27-18-7-9-19(10-8-18)29-21-12-6-17(14-26-21)22(23,24)25/h2-4,6,12-14,18-19H,5,7-11H2,1H3,(H,27,28). The highest BCUT2D eigenvalue weighted by molar-refractivity contribution is 5.76. The quantitative estimate of drug-likeness (QED) is 0.746. The zero-order valence-electron chi connectivity index (χ0n) is 16.3. The third kappa shape index (κ3) is 6.48. The number of hydrogen-bond acceptors (Lipinski definition) is 3. The highest BCUT2D eigenvalue weighted by Gasteiger charge is 2.31. The number of carbonyl (C=O) groups excluding carboxylic acids is 1. The summed E-state index contributed by atoms with van der Waals surface area (Å²) < 4.78 is 43.4. The Morgan fingerprint density at radius 2 is 1.93 bits per heavy atom. The van der Waals surface area contributed by atoms with E-state index < -0.39 is 11.7 Å². The van der Waals surface area contributed by atoms with E-state index >= 15 is 0 Å². The molecule has 4 nitrogen and oxygen atoms in total. The van der Waals surface area contributed by atoms with Crippen LogP contribution in [0.4, 0.5) is 13.2 Å². The molecule has 2 aromatic rings. The predicted molar refractivity (Wildman–Crippen MR) is 104 cm³/mol. The number of hydrogen-bond donors (Lipinski definition) is 1. The molecule has 1 aromatic heterocycles. The summed E-state index contributed by atoms with van der Waals surface area (Å²) in [6.07, 6.45) is 0.469. The monoisotopic (exact) mass is 406 g/mol. The first-order chi connectivity index (χ1) is 13.8. The number of alkyl halides is 3. The molecule has 1 saturated carbocycles. The van der Waals surface area contributed by atoms with Gasteiger partial charge in [0.25, 0.3) is 0 Å². The Morgan fingerprint density at radius 3 is 2.55 bits per heavy atom. The average Bonchev–Trinajstić information content (AvgIpc) is 2.68. The van der Waals surface area contributed by atoms with Gasteiger partial charge >= 0.3 is 6.18 Å². The Labute approximate surface area is 168 Å². The molecule has 0 unspecified atom stereocenters. The molecule has 0 radical (unpaired) electrons. The molecule has 0 saturated heterocycles. The minimum atomic E-state index is -4.40. The highest BCUT2D eigenvalue weighted by atomic mass is 19.4. The van der Waals surface area contributed by atoms with Crippen molar-refractivity contribution in [2.45, 2.75) is 63.8 Å². The van der Waals surface area contributed by atoms with Crippen LogP contribution in [0.1, 0.15) is 48.8 Å². The van der Waals surface area contributed by atoms with E-state index in [4.69, 9.17) is 4.74 Å². The van der Waals surface area contributed by atoms with Crippen molar-refractivity contribution in [3.63, 3.8) is 0 Å². The van der Waals surface area contributed by atoms with Gasteiger partial charge in [-0.05, 0) is 50.7 Å². The molecule has 1 N–H and O–H groups in total. The Bertz CT molecular complexity index is 814. The second-order valence-corrected chi connectivity index (χ2v) is 7.53.